The number of aliphatic carboxylic acids is 1. The first-order chi connectivity index (χ1) is 47.0. The van der Waals surface area contributed by atoms with Gasteiger partial charge in [0.1, 0.15) is 42.8 Å². The topological polar surface area (TPSA) is 385 Å². The molecule has 4 atom stereocenters. The van der Waals surface area contributed by atoms with Crippen LogP contribution in [0.1, 0.15) is 126 Å². The smallest absolute Gasteiger partial charge is 0.334 e. The van der Waals surface area contributed by atoms with E-state index < -0.39 is 83.0 Å². The zero-order valence-electron chi connectivity index (χ0n) is 55.1. The fraction of sp³-hybridized carbons (Fsp3) is 0.348. The SMILES string of the molecule is C=CC1=C(C)c2cc3[nH]c(cc4nc(cc5[nH]c(cc1n2)c(C)c5CCC(=O)NCC(=O)OCCSSCC(CC(=O)CCC(NC(=O)c1ccc(NCc2cnc5nc(C)[nH]c(=O)c5n2)cc1)C(=O)O)OC=O)C(CCC(=O)OC)=C4C)[C@]1(C)C3=CC=C(C(=O)OC)[C@@H]1C(=O)OC. The van der Waals surface area contributed by atoms with Gasteiger partial charge >= 0.3 is 29.8 Å². The Hall–Kier alpha value is -10.6. The molecule has 0 spiro atoms. The summed E-state index contributed by atoms with van der Waals surface area (Å²) in [7, 11) is 6.35. The predicted octanol–water partition coefficient (Wildman–Crippen LogP) is 7.67. The first-order valence-electron chi connectivity index (χ1n) is 31.1. The summed E-state index contributed by atoms with van der Waals surface area (Å²) in [5.74, 6) is -5.61. The lowest BCUT2D eigenvalue weighted by molar-refractivity contribution is -0.149. The number of aromatic nitrogens is 8. The molecular weight excluding hydrogens is 1300 g/mol. The number of hydrogen-bond donors (Lipinski definition) is 7. The molecular formula is C69H73N11O16S2. The van der Waals surface area contributed by atoms with Crippen molar-refractivity contribution in [2.75, 3.05) is 51.3 Å². The number of carbonyl (C=O) groups is 9. The molecule has 29 heteroatoms. The first kappa shape index (κ1) is 71.7. The number of carboxylic acid groups (broad SMARTS) is 1. The average Bonchev–Trinajstić information content (AvgIpc) is 1.53. The van der Waals surface area contributed by atoms with Crippen molar-refractivity contribution < 1.29 is 71.9 Å². The molecule has 2 amide bonds. The van der Waals surface area contributed by atoms with E-state index in [1.807, 2.05) is 52.0 Å². The van der Waals surface area contributed by atoms with E-state index in [9.17, 15) is 53.1 Å². The summed E-state index contributed by atoms with van der Waals surface area (Å²) in [6.07, 6.45) is 5.47. The largest absolute Gasteiger partial charge is 0.480 e. The van der Waals surface area contributed by atoms with E-state index in [0.717, 1.165) is 33.4 Å². The number of ether oxygens (including phenoxy) is 5. The minimum atomic E-state index is -1.41. The second-order valence-electron chi connectivity index (χ2n) is 23.3. The number of methoxy groups -OCH3 is 3. The molecule has 4 aliphatic rings. The summed E-state index contributed by atoms with van der Waals surface area (Å²) in [6, 6.07) is 12.3. The van der Waals surface area contributed by atoms with Crippen LogP contribution in [0.3, 0.4) is 0 Å². The molecule has 27 nitrogen and oxygen atoms in total. The van der Waals surface area contributed by atoms with Crippen LogP contribution in [0.15, 0.2) is 89.9 Å². The number of allylic oxidation sites excluding steroid dienone is 8. The Morgan fingerprint density at radius 1 is 0.806 bits per heavy atom. The van der Waals surface area contributed by atoms with Gasteiger partial charge in [-0.1, -0.05) is 46.4 Å². The van der Waals surface area contributed by atoms with Crippen LogP contribution in [-0.4, -0.2) is 157 Å². The van der Waals surface area contributed by atoms with Crippen LogP contribution in [0, 0.1) is 19.8 Å². The number of benzene rings is 1. The van der Waals surface area contributed by atoms with Gasteiger partial charge < -0.3 is 59.7 Å². The third kappa shape index (κ3) is 16.5. The van der Waals surface area contributed by atoms with E-state index in [1.165, 1.54) is 61.2 Å². The van der Waals surface area contributed by atoms with E-state index >= 15 is 0 Å². The highest BCUT2D eigenvalue weighted by Crippen LogP contribution is 2.53. The van der Waals surface area contributed by atoms with Crippen molar-refractivity contribution in [3.63, 3.8) is 0 Å². The highest BCUT2D eigenvalue weighted by molar-refractivity contribution is 8.76. The maximum atomic E-state index is 13.9. The molecule has 1 aromatic carbocycles. The fourth-order valence-corrected chi connectivity index (χ4v) is 13.9. The van der Waals surface area contributed by atoms with E-state index in [2.05, 4.69) is 52.4 Å². The highest BCUT2D eigenvalue weighted by Gasteiger charge is 2.53. The van der Waals surface area contributed by atoms with Crippen LogP contribution in [0.5, 0.6) is 0 Å². The Balaban J connectivity index is 0.793. The normalized spacial score (nSPS) is 15.7. The summed E-state index contributed by atoms with van der Waals surface area (Å²) >= 11 is 0. The molecule has 2 unspecified atom stereocenters. The number of Topliss-reactive ketones (excluding diaryl/α,β-unsaturated/α-hetero) is 1. The number of ketones is 1. The van der Waals surface area contributed by atoms with Crippen molar-refractivity contribution >= 4 is 131 Å². The number of aryl methyl sites for hydroxylation is 3. The summed E-state index contributed by atoms with van der Waals surface area (Å²) in [5, 5.41) is 18.1. The second-order valence-corrected chi connectivity index (χ2v) is 26.0. The van der Waals surface area contributed by atoms with Gasteiger partial charge in [-0.25, -0.2) is 34.5 Å². The summed E-state index contributed by atoms with van der Waals surface area (Å²) in [5.41, 5.74) is 9.99. The number of rotatable bonds is 30. The van der Waals surface area contributed by atoms with Crippen LogP contribution in [0.25, 0.3) is 50.1 Å². The molecule has 9 rings (SSSR count). The lowest BCUT2D eigenvalue weighted by Crippen LogP contribution is -2.42. The van der Waals surface area contributed by atoms with Gasteiger partial charge in [-0.2, -0.15) is 0 Å². The van der Waals surface area contributed by atoms with E-state index in [0.29, 0.717) is 73.7 Å². The van der Waals surface area contributed by atoms with Crippen LogP contribution >= 0.6 is 21.6 Å². The van der Waals surface area contributed by atoms with Crippen LogP contribution in [-0.2, 0) is 80.4 Å². The van der Waals surface area contributed by atoms with Crippen molar-refractivity contribution in [1.82, 2.24) is 50.5 Å². The third-order valence-corrected chi connectivity index (χ3v) is 19.6. The monoisotopic (exact) mass is 1380 g/mol. The number of carbonyl (C=O) groups excluding carboxylic acids is 8. The molecule has 0 saturated heterocycles. The zero-order valence-corrected chi connectivity index (χ0v) is 56.7. The van der Waals surface area contributed by atoms with Gasteiger partial charge in [0.15, 0.2) is 11.2 Å². The zero-order chi connectivity index (χ0) is 70.5. The molecule has 7 N–H and O–H groups in total. The van der Waals surface area contributed by atoms with E-state index in [1.54, 1.807) is 37.3 Å². The van der Waals surface area contributed by atoms with Gasteiger partial charge in [0.25, 0.3) is 17.9 Å². The summed E-state index contributed by atoms with van der Waals surface area (Å²) in [4.78, 5) is 161. The Kier molecular flexibility index (Phi) is 23.4. The van der Waals surface area contributed by atoms with Crippen molar-refractivity contribution in [2.24, 2.45) is 5.92 Å². The van der Waals surface area contributed by atoms with Crippen molar-refractivity contribution in [3.8, 4) is 0 Å². The number of aromatic amines is 3. The molecule has 512 valence electrons. The minimum absolute atomic E-state index is 0.0334. The molecule has 8 bridgehead atoms. The van der Waals surface area contributed by atoms with Gasteiger partial charge in [-0.3, -0.25) is 38.4 Å². The Bertz CT molecular complexity index is 4470. The number of fused-ring (bicyclic) bond motifs is 12. The van der Waals surface area contributed by atoms with Crippen molar-refractivity contribution in [3.05, 3.63) is 158 Å². The molecule has 3 aliphatic heterocycles. The molecule has 7 heterocycles. The molecule has 98 heavy (non-hydrogen) atoms. The molecule has 0 saturated carbocycles. The summed E-state index contributed by atoms with van der Waals surface area (Å²) in [6.45, 7) is 13.3. The second kappa shape index (κ2) is 32.0. The van der Waals surface area contributed by atoms with Crippen LogP contribution < -0.4 is 21.5 Å². The fourth-order valence-electron chi connectivity index (χ4n) is 11.9. The first-order valence-corrected chi connectivity index (χ1v) is 33.6. The Morgan fingerprint density at radius 2 is 1.55 bits per heavy atom. The lowest BCUT2D eigenvalue weighted by Gasteiger charge is -2.36. The van der Waals surface area contributed by atoms with E-state index in [4.69, 9.17) is 33.7 Å². The minimum Gasteiger partial charge on any atom is -0.480 e. The molecule has 1 aliphatic carbocycles. The number of esters is 4. The number of nitrogens with zero attached hydrogens (tertiary/aromatic N) is 5. The Labute approximate surface area is 569 Å². The number of H-pyrrole nitrogens is 3. The number of amides is 2. The summed E-state index contributed by atoms with van der Waals surface area (Å²) < 4.78 is 26.1. The third-order valence-electron chi connectivity index (χ3n) is 17.2. The lowest BCUT2D eigenvalue weighted by atomic mass is 9.64. The Morgan fingerprint density at radius 3 is 2.27 bits per heavy atom. The van der Waals surface area contributed by atoms with Gasteiger partial charge in [-0.15, -0.1) is 0 Å². The van der Waals surface area contributed by atoms with Crippen LogP contribution in [0.2, 0.25) is 0 Å². The van der Waals surface area contributed by atoms with Crippen molar-refractivity contribution in [1.29, 1.82) is 0 Å². The number of nitrogens with one attached hydrogen (secondary N) is 6. The van der Waals surface area contributed by atoms with Crippen molar-refractivity contribution in [2.45, 2.75) is 104 Å². The van der Waals surface area contributed by atoms with Gasteiger partial charge in [0.05, 0.1) is 73.5 Å². The number of carboxylic acids is 1. The number of hydrogen-bond acceptors (Lipinski definition) is 23. The van der Waals surface area contributed by atoms with Crippen LogP contribution in [0.4, 0.5) is 5.69 Å². The van der Waals surface area contributed by atoms with Gasteiger partial charge in [-0.05, 0) is 136 Å². The van der Waals surface area contributed by atoms with Gasteiger partial charge in [0.2, 0.25) is 5.91 Å². The molecule has 4 aromatic heterocycles. The maximum absolute atomic E-state index is 13.9. The quantitative estimate of drug-likeness (QED) is 0.00761. The standard InChI is InChI=1S/C69H73N11O16S2/c1-10-44-35(2)51-27-56-48-19-16-47(67(90)93-8)61(68(91)94-9)69(48,6)57(79-56)29-52-37(4)46(18-22-59(84)92-7)55(78-52)28-54-45(36(3)50(77-54)26-53(44)76-51)17-21-58(83)71-32-60(85)95-23-24-97-98-33-43(96-34-81)25-42(82)15-20-49(66(88)89)80-64(86)39-11-13-40(14-12-39)70-30-41-31-72-63-62(75-41)65(87)74-38(5)73-63/h10-14,16,19,26-29,31,34,43,49,61,70,77,79H,1,15,17-18,20-25,30,32-33H2,2-9H3,(H,71,83)(H,80,86)(H,88,89)(H,72,73,74,87)/t43?,49?,61-,69+/m1/s1. The molecule has 0 radical (unpaired) electrons. The van der Waals surface area contributed by atoms with Gasteiger partial charge in [0, 0.05) is 76.4 Å². The molecule has 0 fully saturated rings. The maximum Gasteiger partial charge on any atom is 0.334 e. The predicted molar refractivity (Wildman–Crippen MR) is 367 cm³/mol. The number of anilines is 1. The average molecular weight is 1380 g/mol. The highest BCUT2D eigenvalue weighted by atomic mass is 33.1. The molecule has 5 aromatic rings. The van der Waals surface area contributed by atoms with E-state index in [-0.39, 0.29) is 92.6 Å².